The van der Waals surface area contributed by atoms with Gasteiger partial charge in [0.15, 0.2) is 11.6 Å². The Morgan fingerprint density at radius 1 is 1.42 bits per heavy atom. The van der Waals surface area contributed by atoms with Crippen LogP contribution in [0.5, 0.6) is 0 Å². The lowest BCUT2D eigenvalue weighted by Crippen LogP contribution is -2.34. The first-order valence-corrected chi connectivity index (χ1v) is 6.00. The Kier molecular flexibility index (Phi) is 3.70. The van der Waals surface area contributed by atoms with E-state index < -0.39 is 17.5 Å². The van der Waals surface area contributed by atoms with Gasteiger partial charge in [-0.15, -0.1) is 6.42 Å². The van der Waals surface area contributed by atoms with Gasteiger partial charge in [0.2, 0.25) is 0 Å². The number of terminal acetylenes is 1. The van der Waals surface area contributed by atoms with Crippen molar-refractivity contribution in [2.45, 2.75) is 12.8 Å². The second kappa shape index (κ2) is 5.27. The molecule has 19 heavy (non-hydrogen) atoms. The van der Waals surface area contributed by atoms with Gasteiger partial charge in [0.1, 0.15) is 0 Å². The van der Waals surface area contributed by atoms with Crippen molar-refractivity contribution in [2.75, 3.05) is 18.8 Å². The van der Waals surface area contributed by atoms with E-state index in [2.05, 4.69) is 5.92 Å². The maximum absolute atomic E-state index is 13.2. The molecule has 0 aliphatic heterocycles. The fourth-order valence-corrected chi connectivity index (χ4v) is 1.86. The van der Waals surface area contributed by atoms with Crippen molar-refractivity contribution >= 4 is 11.6 Å². The Balaban J connectivity index is 2.25. The molecule has 0 aromatic heterocycles. The lowest BCUT2D eigenvalue weighted by Gasteiger charge is -2.21. The number of carbonyl (C=O) groups is 1. The van der Waals surface area contributed by atoms with Crippen molar-refractivity contribution in [3.05, 3.63) is 29.3 Å². The summed E-state index contributed by atoms with van der Waals surface area (Å²) in [7, 11) is 0. The number of nitrogen functional groups attached to an aromatic ring is 1. The molecule has 100 valence electrons. The summed E-state index contributed by atoms with van der Waals surface area (Å²) in [5, 5.41) is 0. The number of nitrogens with zero attached hydrogens (tertiary/aromatic N) is 1. The molecule has 1 aromatic rings. The highest BCUT2D eigenvalue weighted by atomic mass is 19.2. The molecular weight excluding hydrogens is 250 g/mol. The largest absolute Gasteiger partial charge is 0.398 e. The number of amides is 1. The smallest absolute Gasteiger partial charge is 0.256 e. The van der Waals surface area contributed by atoms with Crippen LogP contribution in [0.25, 0.3) is 0 Å². The lowest BCUT2D eigenvalue weighted by atomic mass is 10.1. The SMILES string of the molecule is C#CCN(CC1CC1)C(=O)c1cc(F)c(F)cc1N. The molecular formula is C14H14F2N2O. The summed E-state index contributed by atoms with van der Waals surface area (Å²) in [5.41, 5.74) is 5.44. The van der Waals surface area contributed by atoms with Gasteiger partial charge in [-0.2, -0.15) is 0 Å². The van der Waals surface area contributed by atoms with Crippen molar-refractivity contribution in [1.29, 1.82) is 0 Å². The summed E-state index contributed by atoms with van der Waals surface area (Å²) in [4.78, 5) is 13.7. The third-order valence-corrected chi connectivity index (χ3v) is 3.07. The number of benzene rings is 1. The molecule has 0 saturated heterocycles. The molecule has 2 rings (SSSR count). The van der Waals surface area contributed by atoms with E-state index in [4.69, 9.17) is 12.2 Å². The zero-order chi connectivity index (χ0) is 14.0. The summed E-state index contributed by atoms with van der Waals surface area (Å²) in [6, 6.07) is 1.64. The normalized spacial score (nSPS) is 13.9. The van der Waals surface area contributed by atoms with Gasteiger partial charge in [0.05, 0.1) is 12.1 Å². The van der Waals surface area contributed by atoms with Gasteiger partial charge in [0.25, 0.3) is 5.91 Å². The van der Waals surface area contributed by atoms with Gasteiger partial charge in [0, 0.05) is 18.3 Å². The van der Waals surface area contributed by atoms with Crippen LogP contribution in [0.2, 0.25) is 0 Å². The molecule has 1 amide bonds. The third-order valence-electron chi connectivity index (χ3n) is 3.07. The average Bonchev–Trinajstić information content (AvgIpc) is 3.16. The van der Waals surface area contributed by atoms with Gasteiger partial charge >= 0.3 is 0 Å². The van der Waals surface area contributed by atoms with E-state index in [1.54, 1.807) is 0 Å². The highest BCUT2D eigenvalue weighted by Crippen LogP contribution is 2.30. The highest BCUT2D eigenvalue weighted by Gasteiger charge is 2.28. The van der Waals surface area contributed by atoms with E-state index in [-0.39, 0.29) is 17.8 Å². The van der Waals surface area contributed by atoms with Crippen LogP contribution >= 0.6 is 0 Å². The predicted octanol–water partition coefficient (Wildman–Crippen LogP) is 2.03. The number of nitrogens with two attached hydrogens (primary N) is 1. The lowest BCUT2D eigenvalue weighted by molar-refractivity contribution is 0.0770. The summed E-state index contributed by atoms with van der Waals surface area (Å²) < 4.78 is 26.2. The average molecular weight is 264 g/mol. The molecule has 1 saturated carbocycles. The number of hydrogen-bond donors (Lipinski definition) is 1. The molecule has 5 heteroatoms. The van der Waals surface area contributed by atoms with Crippen LogP contribution in [0.4, 0.5) is 14.5 Å². The van der Waals surface area contributed by atoms with Gasteiger partial charge in [-0.05, 0) is 24.8 Å². The Labute approximate surface area is 110 Å². The molecule has 1 aliphatic carbocycles. The van der Waals surface area contributed by atoms with Crippen LogP contribution in [0.1, 0.15) is 23.2 Å². The van der Waals surface area contributed by atoms with Crippen molar-refractivity contribution < 1.29 is 13.6 Å². The van der Waals surface area contributed by atoms with E-state index in [0.717, 1.165) is 25.0 Å². The number of carbonyl (C=O) groups excluding carboxylic acids is 1. The Morgan fingerprint density at radius 2 is 2.05 bits per heavy atom. The molecule has 2 N–H and O–H groups in total. The molecule has 3 nitrogen and oxygen atoms in total. The summed E-state index contributed by atoms with van der Waals surface area (Å²) in [6.07, 6.45) is 7.34. The number of hydrogen-bond acceptors (Lipinski definition) is 2. The summed E-state index contributed by atoms with van der Waals surface area (Å²) in [6.45, 7) is 0.662. The maximum Gasteiger partial charge on any atom is 0.256 e. The minimum absolute atomic E-state index is 0.0465. The highest BCUT2D eigenvalue weighted by molar-refractivity contribution is 5.99. The quantitative estimate of drug-likeness (QED) is 0.668. The summed E-state index contributed by atoms with van der Waals surface area (Å²) in [5.74, 6) is 0.222. The minimum atomic E-state index is -1.09. The molecule has 1 aromatic carbocycles. The third kappa shape index (κ3) is 3.02. The zero-order valence-electron chi connectivity index (χ0n) is 10.3. The topological polar surface area (TPSA) is 46.3 Å². The van der Waals surface area contributed by atoms with Crippen LogP contribution in [0.15, 0.2) is 12.1 Å². The van der Waals surface area contributed by atoms with Gasteiger partial charge < -0.3 is 10.6 Å². The van der Waals surface area contributed by atoms with Crippen LogP contribution in [0, 0.1) is 29.9 Å². The van der Waals surface area contributed by atoms with Crippen LogP contribution in [-0.4, -0.2) is 23.9 Å². The Morgan fingerprint density at radius 3 is 2.63 bits per heavy atom. The van der Waals surface area contributed by atoms with Crippen molar-refractivity contribution in [3.8, 4) is 12.3 Å². The number of anilines is 1. The standard InChI is InChI=1S/C14H14F2N2O/c1-2-5-18(8-9-3-4-9)14(19)10-6-11(15)12(16)7-13(10)17/h1,6-7,9H,3-5,8,17H2. The fourth-order valence-electron chi connectivity index (χ4n) is 1.86. The fraction of sp³-hybridized carbons (Fsp3) is 0.357. The van der Waals surface area contributed by atoms with Gasteiger partial charge in [-0.1, -0.05) is 5.92 Å². The molecule has 0 atom stereocenters. The second-order valence-electron chi connectivity index (χ2n) is 4.69. The molecule has 0 heterocycles. The van der Waals surface area contributed by atoms with E-state index in [9.17, 15) is 13.6 Å². The van der Waals surface area contributed by atoms with Crippen LogP contribution in [0.3, 0.4) is 0 Å². The molecule has 1 aliphatic rings. The predicted molar refractivity (Wildman–Crippen MR) is 68.2 cm³/mol. The van der Waals surface area contributed by atoms with Crippen LogP contribution in [-0.2, 0) is 0 Å². The molecule has 0 spiro atoms. The van der Waals surface area contributed by atoms with Crippen LogP contribution < -0.4 is 5.73 Å². The van der Waals surface area contributed by atoms with E-state index in [0.29, 0.717) is 12.5 Å². The number of halogens is 2. The van der Waals surface area contributed by atoms with E-state index in [1.807, 2.05) is 0 Å². The maximum atomic E-state index is 13.2. The van der Waals surface area contributed by atoms with E-state index in [1.165, 1.54) is 4.90 Å². The first-order valence-electron chi connectivity index (χ1n) is 6.00. The van der Waals surface area contributed by atoms with Crippen molar-refractivity contribution in [3.63, 3.8) is 0 Å². The van der Waals surface area contributed by atoms with Crippen molar-refractivity contribution in [1.82, 2.24) is 4.90 Å². The monoisotopic (exact) mass is 264 g/mol. The van der Waals surface area contributed by atoms with Gasteiger partial charge in [-0.25, -0.2) is 8.78 Å². The Bertz CT molecular complexity index is 547. The molecule has 0 bridgehead atoms. The molecule has 0 radical (unpaired) electrons. The Hall–Kier alpha value is -2.09. The summed E-state index contributed by atoms with van der Waals surface area (Å²) >= 11 is 0. The molecule has 1 fully saturated rings. The zero-order valence-corrected chi connectivity index (χ0v) is 10.3. The number of rotatable bonds is 4. The van der Waals surface area contributed by atoms with Crippen molar-refractivity contribution in [2.24, 2.45) is 5.92 Å². The van der Waals surface area contributed by atoms with E-state index >= 15 is 0 Å². The molecule has 0 unspecified atom stereocenters. The first-order chi connectivity index (χ1) is 9.02. The van der Waals surface area contributed by atoms with Gasteiger partial charge in [-0.3, -0.25) is 4.79 Å². The second-order valence-corrected chi connectivity index (χ2v) is 4.69. The minimum Gasteiger partial charge on any atom is -0.398 e. The first kappa shape index (κ1) is 13.3.